The van der Waals surface area contributed by atoms with Gasteiger partial charge in [-0.2, -0.15) is 0 Å². The van der Waals surface area contributed by atoms with Crippen LogP contribution in [0.3, 0.4) is 0 Å². The number of benzene rings is 3. The van der Waals surface area contributed by atoms with Crippen molar-refractivity contribution in [3.05, 3.63) is 89.0 Å². The van der Waals surface area contributed by atoms with Gasteiger partial charge in [-0.3, -0.25) is 9.10 Å². The lowest BCUT2D eigenvalue weighted by Gasteiger charge is -2.27. The highest BCUT2D eigenvalue weighted by Gasteiger charge is 2.29. The predicted octanol–water partition coefficient (Wildman–Crippen LogP) is 5.08. The number of aryl methyl sites for hydroxylation is 3. The quantitative estimate of drug-likeness (QED) is 0.463. The highest BCUT2D eigenvalue weighted by molar-refractivity contribution is 7.92. The second kappa shape index (κ2) is 10.7. The molecule has 0 saturated carbocycles. The molecule has 0 aliphatic rings. The van der Waals surface area contributed by atoms with Crippen LogP contribution in [-0.2, 0) is 14.8 Å². The third kappa shape index (κ3) is 5.78. The number of nitrogens with zero attached hydrogens (tertiary/aromatic N) is 1. The number of carbonyl (C=O) groups excluding carboxylic acids is 1. The SMILES string of the molecule is CC[C@H](NC(=O)CN(c1ccc(C)cc1C)S(=O)(=O)c1ccc(C)cc1)c1ccc(OC)cc1. The third-order valence-electron chi connectivity index (χ3n) is 5.78. The Morgan fingerprint density at radius 2 is 1.56 bits per heavy atom. The Hall–Kier alpha value is -3.32. The molecule has 0 unspecified atom stereocenters. The van der Waals surface area contributed by atoms with Crippen LogP contribution in [0.1, 0.15) is 41.6 Å². The van der Waals surface area contributed by atoms with Gasteiger partial charge in [-0.05, 0) is 68.7 Å². The molecule has 0 aromatic heterocycles. The first-order chi connectivity index (χ1) is 16.1. The van der Waals surface area contributed by atoms with Gasteiger partial charge >= 0.3 is 0 Å². The van der Waals surface area contributed by atoms with Gasteiger partial charge in [-0.15, -0.1) is 0 Å². The summed E-state index contributed by atoms with van der Waals surface area (Å²) >= 11 is 0. The van der Waals surface area contributed by atoms with Crippen LogP contribution in [0.2, 0.25) is 0 Å². The Morgan fingerprint density at radius 3 is 2.12 bits per heavy atom. The van der Waals surface area contributed by atoms with E-state index >= 15 is 0 Å². The van der Waals surface area contributed by atoms with Crippen LogP contribution in [0, 0.1) is 20.8 Å². The summed E-state index contributed by atoms with van der Waals surface area (Å²) in [6.07, 6.45) is 0.659. The van der Waals surface area contributed by atoms with E-state index in [0.29, 0.717) is 12.1 Å². The van der Waals surface area contributed by atoms with Crippen LogP contribution in [0.25, 0.3) is 0 Å². The highest BCUT2D eigenvalue weighted by Crippen LogP contribution is 2.28. The Balaban J connectivity index is 1.93. The van der Waals surface area contributed by atoms with Crippen molar-refractivity contribution >= 4 is 21.6 Å². The van der Waals surface area contributed by atoms with Crippen molar-refractivity contribution in [3.8, 4) is 5.75 Å². The minimum absolute atomic E-state index is 0.146. The van der Waals surface area contributed by atoms with Gasteiger partial charge in [0.15, 0.2) is 0 Å². The zero-order chi connectivity index (χ0) is 24.9. The van der Waals surface area contributed by atoms with E-state index in [1.54, 1.807) is 37.4 Å². The van der Waals surface area contributed by atoms with Crippen molar-refractivity contribution in [1.29, 1.82) is 0 Å². The predicted molar refractivity (Wildman–Crippen MR) is 136 cm³/mol. The van der Waals surface area contributed by atoms with Crippen LogP contribution >= 0.6 is 0 Å². The first kappa shape index (κ1) is 25.3. The number of nitrogens with one attached hydrogen (secondary N) is 1. The van der Waals surface area contributed by atoms with E-state index in [9.17, 15) is 13.2 Å². The first-order valence-corrected chi connectivity index (χ1v) is 12.7. The Labute approximate surface area is 202 Å². The smallest absolute Gasteiger partial charge is 0.264 e. The molecule has 7 heteroatoms. The molecule has 180 valence electrons. The fourth-order valence-electron chi connectivity index (χ4n) is 3.85. The van der Waals surface area contributed by atoms with Gasteiger partial charge in [0, 0.05) is 0 Å². The largest absolute Gasteiger partial charge is 0.497 e. The molecular weight excluding hydrogens is 448 g/mol. The maximum absolute atomic E-state index is 13.6. The van der Waals surface area contributed by atoms with Crippen molar-refractivity contribution in [2.24, 2.45) is 0 Å². The van der Waals surface area contributed by atoms with E-state index in [0.717, 1.165) is 28.0 Å². The lowest BCUT2D eigenvalue weighted by atomic mass is 10.0. The molecule has 0 saturated heterocycles. The van der Waals surface area contributed by atoms with Gasteiger partial charge in [0.1, 0.15) is 12.3 Å². The van der Waals surface area contributed by atoms with Crippen molar-refractivity contribution in [3.63, 3.8) is 0 Å². The average Bonchev–Trinajstić information content (AvgIpc) is 2.82. The molecule has 1 N–H and O–H groups in total. The summed E-state index contributed by atoms with van der Waals surface area (Å²) in [4.78, 5) is 13.3. The molecule has 3 aromatic carbocycles. The van der Waals surface area contributed by atoms with Crippen molar-refractivity contribution in [2.45, 2.75) is 45.1 Å². The Kier molecular flexibility index (Phi) is 7.99. The standard InChI is InChI=1S/C27H32N2O4S/c1-6-25(22-10-12-23(33-5)13-11-22)28-27(30)18-29(26-16-9-20(3)17-21(26)4)34(31,32)24-14-7-19(2)8-15-24/h7-17,25H,6,18H2,1-5H3,(H,28,30)/t25-/m0/s1. The summed E-state index contributed by atoms with van der Waals surface area (Å²) in [5.41, 5.74) is 4.17. The summed E-state index contributed by atoms with van der Waals surface area (Å²) in [6.45, 7) is 7.34. The van der Waals surface area contributed by atoms with Crippen molar-refractivity contribution in [1.82, 2.24) is 5.32 Å². The minimum Gasteiger partial charge on any atom is -0.497 e. The van der Waals surface area contributed by atoms with Crippen molar-refractivity contribution < 1.29 is 17.9 Å². The van der Waals surface area contributed by atoms with Crippen LogP contribution in [-0.4, -0.2) is 28.0 Å². The number of ether oxygens (including phenoxy) is 1. The van der Waals surface area contributed by atoms with Crippen LogP contribution in [0.5, 0.6) is 5.75 Å². The van der Waals surface area contributed by atoms with E-state index < -0.39 is 10.0 Å². The Morgan fingerprint density at radius 1 is 0.941 bits per heavy atom. The zero-order valence-electron chi connectivity index (χ0n) is 20.3. The number of sulfonamides is 1. The van der Waals surface area contributed by atoms with E-state index in [1.807, 2.05) is 64.1 Å². The fraction of sp³-hybridized carbons (Fsp3) is 0.296. The molecule has 1 atom stereocenters. The van der Waals surface area contributed by atoms with Gasteiger partial charge in [-0.1, -0.05) is 54.4 Å². The van der Waals surface area contributed by atoms with Gasteiger partial charge in [0.05, 0.1) is 23.7 Å². The molecule has 0 heterocycles. The Bertz CT molecular complexity index is 1240. The minimum atomic E-state index is -3.96. The summed E-state index contributed by atoms with van der Waals surface area (Å²) in [5.74, 6) is 0.355. The summed E-state index contributed by atoms with van der Waals surface area (Å²) in [6, 6.07) is 19.4. The number of anilines is 1. The third-order valence-corrected chi connectivity index (χ3v) is 7.55. The van der Waals surface area contributed by atoms with Crippen molar-refractivity contribution in [2.75, 3.05) is 18.0 Å². The lowest BCUT2D eigenvalue weighted by molar-refractivity contribution is -0.120. The van der Waals surface area contributed by atoms with Gasteiger partial charge in [0.2, 0.25) is 5.91 Å². The van der Waals surface area contributed by atoms with E-state index in [1.165, 1.54) is 4.31 Å². The second-order valence-electron chi connectivity index (χ2n) is 8.42. The first-order valence-electron chi connectivity index (χ1n) is 11.3. The number of hydrogen-bond acceptors (Lipinski definition) is 4. The fourth-order valence-corrected chi connectivity index (χ4v) is 5.34. The molecular formula is C27H32N2O4S. The zero-order valence-corrected chi connectivity index (χ0v) is 21.1. The molecule has 0 fully saturated rings. The molecule has 6 nitrogen and oxygen atoms in total. The molecule has 0 aliphatic carbocycles. The lowest BCUT2D eigenvalue weighted by Crippen LogP contribution is -2.42. The normalized spacial score (nSPS) is 12.1. The monoisotopic (exact) mass is 480 g/mol. The molecule has 0 aliphatic heterocycles. The summed E-state index contributed by atoms with van der Waals surface area (Å²) in [7, 11) is -2.36. The topological polar surface area (TPSA) is 75.7 Å². The second-order valence-corrected chi connectivity index (χ2v) is 10.3. The van der Waals surface area contributed by atoms with Crippen LogP contribution < -0.4 is 14.4 Å². The van der Waals surface area contributed by atoms with E-state index in [4.69, 9.17) is 4.74 Å². The number of hydrogen-bond donors (Lipinski definition) is 1. The average molecular weight is 481 g/mol. The molecule has 0 spiro atoms. The van der Waals surface area contributed by atoms with Gasteiger partial charge < -0.3 is 10.1 Å². The number of amides is 1. The summed E-state index contributed by atoms with van der Waals surface area (Å²) < 4.78 is 33.7. The molecule has 0 radical (unpaired) electrons. The maximum Gasteiger partial charge on any atom is 0.264 e. The van der Waals surface area contributed by atoms with E-state index in [2.05, 4.69) is 5.32 Å². The number of rotatable bonds is 9. The van der Waals surface area contributed by atoms with Gasteiger partial charge in [-0.25, -0.2) is 8.42 Å². The molecule has 3 rings (SSSR count). The van der Waals surface area contributed by atoms with Crippen LogP contribution in [0.4, 0.5) is 5.69 Å². The molecule has 34 heavy (non-hydrogen) atoms. The summed E-state index contributed by atoms with van der Waals surface area (Å²) in [5, 5.41) is 3.00. The number of carbonyl (C=O) groups is 1. The van der Waals surface area contributed by atoms with E-state index in [-0.39, 0.29) is 23.4 Å². The highest BCUT2D eigenvalue weighted by atomic mass is 32.2. The molecule has 1 amide bonds. The van der Waals surface area contributed by atoms with Crippen LogP contribution in [0.15, 0.2) is 71.6 Å². The molecule has 0 bridgehead atoms. The number of methoxy groups -OCH3 is 1. The molecule has 3 aromatic rings. The maximum atomic E-state index is 13.6. The van der Waals surface area contributed by atoms with Gasteiger partial charge in [0.25, 0.3) is 10.0 Å².